The fourth-order valence-corrected chi connectivity index (χ4v) is 2.18. The quantitative estimate of drug-likeness (QED) is 0.883. The maximum atomic E-state index is 13.3. The normalized spacial score (nSPS) is 23.2. The summed E-state index contributed by atoms with van der Waals surface area (Å²) < 4.78 is 18.7. The summed E-state index contributed by atoms with van der Waals surface area (Å²) in [5, 5.41) is 0.154. The molecule has 1 aliphatic carbocycles. The average molecular weight is 244 g/mol. The third-order valence-corrected chi connectivity index (χ3v) is 3.27. The van der Waals surface area contributed by atoms with Crippen LogP contribution in [-0.4, -0.2) is 13.2 Å². The van der Waals surface area contributed by atoms with E-state index in [2.05, 4.69) is 0 Å². The molecule has 2 rings (SSSR count). The van der Waals surface area contributed by atoms with Crippen LogP contribution >= 0.6 is 11.6 Å². The smallest absolute Gasteiger partial charge is 0.145 e. The molecule has 0 heterocycles. The van der Waals surface area contributed by atoms with Crippen molar-refractivity contribution >= 4 is 11.6 Å². The van der Waals surface area contributed by atoms with E-state index in [0.29, 0.717) is 30.7 Å². The minimum Gasteiger partial charge on any atom is -0.493 e. The molecule has 1 fully saturated rings. The van der Waals surface area contributed by atoms with E-state index >= 15 is 0 Å². The van der Waals surface area contributed by atoms with E-state index in [1.807, 2.05) is 6.92 Å². The molecule has 0 aliphatic heterocycles. The number of hydrogen-bond donors (Lipinski definition) is 1. The largest absolute Gasteiger partial charge is 0.493 e. The standard InChI is InChI=1S/C12H15ClFNO/c1-2-16-12-5-11(14)10(13)4-9(12)8-3-7(8)6-15/h4-5,7-8H,2-3,6,15H2,1H3. The molecule has 0 bridgehead atoms. The molecule has 0 spiro atoms. The lowest BCUT2D eigenvalue weighted by Gasteiger charge is -2.11. The van der Waals surface area contributed by atoms with E-state index < -0.39 is 5.82 Å². The molecular formula is C12H15ClFNO. The molecule has 2 unspecified atom stereocenters. The Morgan fingerprint density at radius 2 is 2.31 bits per heavy atom. The van der Waals surface area contributed by atoms with E-state index in [0.717, 1.165) is 12.0 Å². The Bertz CT molecular complexity index is 397. The van der Waals surface area contributed by atoms with E-state index in [1.165, 1.54) is 6.07 Å². The molecule has 0 amide bonds. The summed E-state index contributed by atoms with van der Waals surface area (Å²) in [6.07, 6.45) is 1.04. The highest BCUT2D eigenvalue weighted by molar-refractivity contribution is 6.30. The maximum Gasteiger partial charge on any atom is 0.145 e. The van der Waals surface area contributed by atoms with Gasteiger partial charge in [-0.15, -0.1) is 0 Å². The molecule has 88 valence electrons. The number of halogens is 2. The zero-order chi connectivity index (χ0) is 11.7. The Morgan fingerprint density at radius 3 is 2.88 bits per heavy atom. The SMILES string of the molecule is CCOc1cc(F)c(Cl)cc1C1CC1CN. The maximum absolute atomic E-state index is 13.3. The molecule has 1 aromatic rings. The van der Waals surface area contributed by atoms with Crippen molar-refractivity contribution in [1.29, 1.82) is 0 Å². The van der Waals surface area contributed by atoms with Gasteiger partial charge >= 0.3 is 0 Å². The Morgan fingerprint density at radius 1 is 1.56 bits per heavy atom. The molecule has 16 heavy (non-hydrogen) atoms. The molecule has 2 N–H and O–H groups in total. The number of nitrogens with two attached hydrogens (primary N) is 1. The first-order valence-electron chi connectivity index (χ1n) is 5.49. The van der Waals surface area contributed by atoms with Gasteiger partial charge in [0.05, 0.1) is 11.6 Å². The zero-order valence-electron chi connectivity index (χ0n) is 9.17. The van der Waals surface area contributed by atoms with Gasteiger partial charge in [0.15, 0.2) is 0 Å². The van der Waals surface area contributed by atoms with E-state index in [1.54, 1.807) is 6.07 Å². The number of hydrogen-bond acceptors (Lipinski definition) is 2. The molecule has 2 nitrogen and oxygen atoms in total. The van der Waals surface area contributed by atoms with Crippen molar-refractivity contribution in [3.63, 3.8) is 0 Å². The van der Waals surface area contributed by atoms with Crippen LogP contribution in [0.1, 0.15) is 24.8 Å². The van der Waals surface area contributed by atoms with Gasteiger partial charge in [-0.3, -0.25) is 0 Å². The van der Waals surface area contributed by atoms with Crippen molar-refractivity contribution in [1.82, 2.24) is 0 Å². The topological polar surface area (TPSA) is 35.2 Å². The van der Waals surface area contributed by atoms with E-state index in [4.69, 9.17) is 22.1 Å². The van der Waals surface area contributed by atoms with E-state index in [-0.39, 0.29) is 5.02 Å². The van der Waals surface area contributed by atoms with Crippen LogP contribution in [0.2, 0.25) is 5.02 Å². The summed E-state index contributed by atoms with van der Waals surface area (Å²) in [4.78, 5) is 0. The Hall–Kier alpha value is -0.800. The predicted octanol–water partition coefficient (Wildman–Crippen LogP) is 2.94. The fourth-order valence-electron chi connectivity index (χ4n) is 2.00. The van der Waals surface area contributed by atoms with Gasteiger partial charge in [0, 0.05) is 6.07 Å². The number of rotatable bonds is 4. The second kappa shape index (κ2) is 4.60. The summed E-state index contributed by atoms with van der Waals surface area (Å²) in [5.41, 5.74) is 6.60. The third-order valence-electron chi connectivity index (χ3n) is 2.98. The molecule has 4 heteroatoms. The monoisotopic (exact) mass is 243 g/mol. The van der Waals surface area contributed by atoms with Gasteiger partial charge in [0.25, 0.3) is 0 Å². The lowest BCUT2D eigenvalue weighted by atomic mass is 10.1. The van der Waals surface area contributed by atoms with Crippen LogP contribution in [0.15, 0.2) is 12.1 Å². The molecule has 1 saturated carbocycles. The van der Waals surface area contributed by atoms with Gasteiger partial charge in [-0.1, -0.05) is 11.6 Å². The van der Waals surface area contributed by atoms with Gasteiger partial charge in [-0.05, 0) is 43.4 Å². The van der Waals surface area contributed by atoms with Gasteiger partial charge in [0.1, 0.15) is 11.6 Å². The van der Waals surface area contributed by atoms with Crippen molar-refractivity contribution in [3.05, 3.63) is 28.5 Å². The fraction of sp³-hybridized carbons (Fsp3) is 0.500. The highest BCUT2D eigenvalue weighted by atomic mass is 35.5. The van der Waals surface area contributed by atoms with Crippen molar-refractivity contribution < 1.29 is 9.13 Å². The van der Waals surface area contributed by atoms with Crippen molar-refractivity contribution in [3.8, 4) is 5.75 Å². The van der Waals surface area contributed by atoms with Crippen LogP contribution < -0.4 is 10.5 Å². The Labute approximate surface area is 99.5 Å². The van der Waals surface area contributed by atoms with Gasteiger partial charge in [0.2, 0.25) is 0 Å². The highest BCUT2D eigenvalue weighted by Crippen LogP contribution is 2.50. The first-order valence-corrected chi connectivity index (χ1v) is 5.87. The lowest BCUT2D eigenvalue weighted by molar-refractivity contribution is 0.334. The first kappa shape index (κ1) is 11.7. The molecule has 2 atom stereocenters. The van der Waals surface area contributed by atoms with Crippen molar-refractivity contribution in [2.45, 2.75) is 19.3 Å². The Balaban J connectivity index is 2.31. The molecule has 1 aromatic carbocycles. The van der Waals surface area contributed by atoms with E-state index in [9.17, 15) is 4.39 Å². The van der Waals surface area contributed by atoms with Crippen molar-refractivity contribution in [2.24, 2.45) is 11.7 Å². The lowest BCUT2D eigenvalue weighted by Crippen LogP contribution is -2.03. The molecule has 0 radical (unpaired) electrons. The number of ether oxygens (including phenoxy) is 1. The second-order valence-electron chi connectivity index (χ2n) is 4.08. The van der Waals surface area contributed by atoms with Crippen LogP contribution in [0, 0.1) is 11.7 Å². The zero-order valence-corrected chi connectivity index (χ0v) is 9.93. The summed E-state index contributed by atoms with van der Waals surface area (Å²) in [6.45, 7) is 3.06. The van der Waals surface area contributed by atoms with Crippen LogP contribution in [0.3, 0.4) is 0 Å². The summed E-state index contributed by atoms with van der Waals surface area (Å²) in [6, 6.07) is 3.04. The van der Waals surface area contributed by atoms with Crippen LogP contribution in [0.25, 0.3) is 0 Å². The van der Waals surface area contributed by atoms with Crippen LogP contribution in [0.5, 0.6) is 5.75 Å². The molecular weight excluding hydrogens is 229 g/mol. The molecule has 1 aliphatic rings. The molecule has 0 aromatic heterocycles. The molecule has 0 saturated heterocycles. The van der Waals surface area contributed by atoms with Gasteiger partial charge < -0.3 is 10.5 Å². The minimum atomic E-state index is -0.432. The van der Waals surface area contributed by atoms with Crippen molar-refractivity contribution in [2.75, 3.05) is 13.2 Å². The van der Waals surface area contributed by atoms with Crippen LogP contribution in [-0.2, 0) is 0 Å². The highest BCUT2D eigenvalue weighted by Gasteiger charge is 2.39. The summed E-state index contributed by atoms with van der Waals surface area (Å²) >= 11 is 5.79. The van der Waals surface area contributed by atoms with Gasteiger partial charge in [-0.2, -0.15) is 0 Å². The number of benzene rings is 1. The Kier molecular flexibility index (Phi) is 3.36. The first-order chi connectivity index (χ1) is 7.67. The summed E-state index contributed by atoms with van der Waals surface area (Å²) in [5.74, 6) is 1.04. The average Bonchev–Trinajstić information content (AvgIpc) is 3.02. The van der Waals surface area contributed by atoms with Gasteiger partial charge in [-0.25, -0.2) is 4.39 Å². The summed E-state index contributed by atoms with van der Waals surface area (Å²) in [7, 11) is 0. The third kappa shape index (κ3) is 2.15. The predicted molar refractivity (Wildman–Crippen MR) is 62.5 cm³/mol. The minimum absolute atomic E-state index is 0.154. The second-order valence-corrected chi connectivity index (χ2v) is 4.48. The van der Waals surface area contributed by atoms with Crippen LogP contribution in [0.4, 0.5) is 4.39 Å².